The van der Waals surface area contributed by atoms with Crippen molar-refractivity contribution in [3.63, 3.8) is 0 Å². The lowest BCUT2D eigenvalue weighted by Gasteiger charge is -2.17. The van der Waals surface area contributed by atoms with Gasteiger partial charge < -0.3 is 0 Å². The number of hydrogen-bond donors (Lipinski definition) is 2. The minimum Gasteiger partial charge on any atom is -0.271 e. The lowest BCUT2D eigenvalue weighted by Crippen LogP contribution is -2.28. The highest BCUT2D eigenvalue weighted by molar-refractivity contribution is 7.90. The van der Waals surface area contributed by atoms with Crippen LogP contribution < -0.4 is 11.3 Å². The van der Waals surface area contributed by atoms with Gasteiger partial charge in [0, 0.05) is 12.3 Å². The van der Waals surface area contributed by atoms with Crippen molar-refractivity contribution in [3.05, 3.63) is 65.7 Å². The number of benzene rings is 2. The smallest absolute Gasteiger partial charge is 0.175 e. The zero-order valence-electron chi connectivity index (χ0n) is 12.0. The minimum atomic E-state index is -3.20. The van der Waals surface area contributed by atoms with E-state index >= 15 is 0 Å². The van der Waals surface area contributed by atoms with E-state index in [1.54, 1.807) is 18.2 Å². The number of aryl methyl sites for hydroxylation is 1. The molecule has 1 atom stereocenters. The molecule has 0 saturated heterocycles. The standard InChI is InChI=1S/C16H20N2O2S/c1-21(19,20)15-9-5-8-14(12-15)16(18-17)11-10-13-6-3-2-4-7-13/h2-9,12,16,18H,10-11,17H2,1H3. The number of rotatable bonds is 6. The van der Waals surface area contributed by atoms with E-state index in [0.717, 1.165) is 18.4 Å². The molecule has 0 aliphatic rings. The third-order valence-corrected chi connectivity index (χ3v) is 4.56. The first-order valence-corrected chi connectivity index (χ1v) is 8.70. The van der Waals surface area contributed by atoms with Crippen LogP contribution in [0.15, 0.2) is 59.5 Å². The van der Waals surface area contributed by atoms with Crippen LogP contribution in [0.2, 0.25) is 0 Å². The van der Waals surface area contributed by atoms with Gasteiger partial charge in [0.15, 0.2) is 9.84 Å². The summed E-state index contributed by atoms with van der Waals surface area (Å²) in [4.78, 5) is 0.319. The first kappa shape index (κ1) is 15.7. The molecule has 0 aliphatic carbocycles. The summed E-state index contributed by atoms with van der Waals surface area (Å²) in [6.45, 7) is 0. The van der Waals surface area contributed by atoms with Crippen LogP contribution in [0.5, 0.6) is 0 Å². The number of nitrogens with one attached hydrogen (secondary N) is 1. The monoisotopic (exact) mass is 304 g/mol. The molecule has 0 amide bonds. The fourth-order valence-corrected chi connectivity index (χ4v) is 2.94. The lowest BCUT2D eigenvalue weighted by atomic mass is 9.99. The lowest BCUT2D eigenvalue weighted by molar-refractivity contribution is 0.515. The highest BCUT2D eigenvalue weighted by Crippen LogP contribution is 2.21. The Morgan fingerprint density at radius 1 is 1.10 bits per heavy atom. The van der Waals surface area contributed by atoms with Gasteiger partial charge in [-0.3, -0.25) is 11.3 Å². The van der Waals surface area contributed by atoms with Crippen molar-refractivity contribution in [1.29, 1.82) is 0 Å². The zero-order valence-corrected chi connectivity index (χ0v) is 12.8. The summed E-state index contributed by atoms with van der Waals surface area (Å²) < 4.78 is 23.2. The van der Waals surface area contributed by atoms with Crippen LogP contribution in [-0.2, 0) is 16.3 Å². The van der Waals surface area contributed by atoms with E-state index in [2.05, 4.69) is 17.6 Å². The average molecular weight is 304 g/mol. The summed E-state index contributed by atoms with van der Waals surface area (Å²) in [6.07, 6.45) is 2.88. The highest BCUT2D eigenvalue weighted by atomic mass is 32.2. The van der Waals surface area contributed by atoms with E-state index in [4.69, 9.17) is 5.84 Å². The molecule has 4 nitrogen and oxygen atoms in total. The molecule has 0 heterocycles. The second-order valence-corrected chi connectivity index (χ2v) is 7.10. The molecule has 0 bridgehead atoms. The summed E-state index contributed by atoms with van der Waals surface area (Å²) in [6, 6.07) is 17.0. The maximum absolute atomic E-state index is 11.6. The second kappa shape index (κ2) is 6.85. The van der Waals surface area contributed by atoms with Gasteiger partial charge in [0.25, 0.3) is 0 Å². The third kappa shape index (κ3) is 4.39. The van der Waals surface area contributed by atoms with Crippen LogP contribution in [0.4, 0.5) is 0 Å². The van der Waals surface area contributed by atoms with Crippen molar-refractivity contribution in [1.82, 2.24) is 5.43 Å². The van der Waals surface area contributed by atoms with Gasteiger partial charge >= 0.3 is 0 Å². The normalized spacial score (nSPS) is 13.0. The van der Waals surface area contributed by atoms with Crippen molar-refractivity contribution in [2.75, 3.05) is 6.26 Å². The van der Waals surface area contributed by atoms with E-state index < -0.39 is 9.84 Å². The summed E-state index contributed by atoms with van der Waals surface area (Å²) in [5, 5.41) is 0. The molecular formula is C16H20N2O2S. The Morgan fingerprint density at radius 2 is 1.81 bits per heavy atom. The van der Waals surface area contributed by atoms with Crippen LogP contribution in [0.3, 0.4) is 0 Å². The Kier molecular flexibility index (Phi) is 5.12. The second-order valence-electron chi connectivity index (χ2n) is 5.09. The predicted molar refractivity (Wildman–Crippen MR) is 84.4 cm³/mol. The zero-order chi connectivity index (χ0) is 15.3. The molecule has 0 spiro atoms. The summed E-state index contributed by atoms with van der Waals surface area (Å²) in [5.41, 5.74) is 4.89. The Balaban J connectivity index is 2.14. The molecule has 0 radical (unpaired) electrons. The Hall–Kier alpha value is -1.69. The van der Waals surface area contributed by atoms with Gasteiger partial charge in [0.1, 0.15) is 0 Å². The molecule has 0 saturated carbocycles. The van der Waals surface area contributed by atoms with Crippen LogP contribution in [0.25, 0.3) is 0 Å². The fourth-order valence-electron chi connectivity index (χ4n) is 2.26. The Morgan fingerprint density at radius 3 is 2.43 bits per heavy atom. The molecular weight excluding hydrogens is 284 g/mol. The van der Waals surface area contributed by atoms with Crippen LogP contribution in [0.1, 0.15) is 23.6 Å². The summed E-state index contributed by atoms with van der Waals surface area (Å²) in [5.74, 6) is 5.63. The maximum Gasteiger partial charge on any atom is 0.175 e. The molecule has 112 valence electrons. The molecule has 5 heteroatoms. The van der Waals surface area contributed by atoms with E-state index in [-0.39, 0.29) is 6.04 Å². The van der Waals surface area contributed by atoms with Crippen molar-refractivity contribution < 1.29 is 8.42 Å². The van der Waals surface area contributed by atoms with Crippen molar-refractivity contribution in [2.24, 2.45) is 5.84 Å². The quantitative estimate of drug-likeness (QED) is 0.634. The van der Waals surface area contributed by atoms with Crippen molar-refractivity contribution in [3.8, 4) is 0 Å². The molecule has 0 aromatic heterocycles. The minimum absolute atomic E-state index is 0.0769. The molecule has 2 aromatic rings. The van der Waals surface area contributed by atoms with Crippen LogP contribution in [0, 0.1) is 0 Å². The van der Waals surface area contributed by atoms with E-state index in [1.165, 1.54) is 11.8 Å². The topological polar surface area (TPSA) is 72.2 Å². The first-order chi connectivity index (χ1) is 10.0. The highest BCUT2D eigenvalue weighted by Gasteiger charge is 2.13. The van der Waals surface area contributed by atoms with E-state index in [0.29, 0.717) is 4.90 Å². The molecule has 2 aromatic carbocycles. The number of hydrazine groups is 1. The van der Waals surface area contributed by atoms with Gasteiger partial charge in [0.05, 0.1) is 4.90 Å². The van der Waals surface area contributed by atoms with E-state index in [1.807, 2.05) is 24.3 Å². The van der Waals surface area contributed by atoms with Gasteiger partial charge in [-0.1, -0.05) is 42.5 Å². The molecule has 2 rings (SSSR count). The van der Waals surface area contributed by atoms with Gasteiger partial charge in [-0.15, -0.1) is 0 Å². The molecule has 3 N–H and O–H groups in total. The Bertz CT molecular complexity index is 684. The fraction of sp³-hybridized carbons (Fsp3) is 0.250. The van der Waals surface area contributed by atoms with Crippen LogP contribution in [-0.4, -0.2) is 14.7 Å². The first-order valence-electron chi connectivity index (χ1n) is 6.81. The third-order valence-electron chi connectivity index (χ3n) is 3.45. The van der Waals surface area contributed by atoms with Gasteiger partial charge in [-0.25, -0.2) is 8.42 Å². The summed E-state index contributed by atoms with van der Waals surface area (Å²) in [7, 11) is -3.20. The van der Waals surface area contributed by atoms with E-state index in [9.17, 15) is 8.42 Å². The van der Waals surface area contributed by atoms with Crippen molar-refractivity contribution >= 4 is 9.84 Å². The predicted octanol–water partition coefficient (Wildman–Crippen LogP) is 2.23. The number of sulfone groups is 1. The maximum atomic E-state index is 11.6. The average Bonchev–Trinajstić information content (AvgIpc) is 2.48. The molecule has 0 fully saturated rings. The Labute approximate surface area is 125 Å². The SMILES string of the molecule is CS(=O)(=O)c1cccc(C(CCc2ccccc2)NN)c1. The largest absolute Gasteiger partial charge is 0.271 e. The molecule has 0 aliphatic heterocycles. The van der Waals surface area contributed by atoms with Crippen molar-refractivity contribution in [2.45, 2.75) is 23.8 Å². The van der Waals surface area contributed by atoms with Gasteiger partial charge in [0.2, 0.25) is 0 Å². The summed E-state index contributed by atoms with van der Waals surface area (Å²) >= 11 is 0. The van der Waals surface area contributed by atoms with Gasteiger partial charge in [-0.05, 0) is 36.1 Å². The number of hydrogen-bond acceptors (Lipinski definition) is 4. The number of nitrogens with two attached hydrogens (primary N) is 1. The van der Waals surface area contributed by atoms with Gasteiger partial charge in [-0.2, -0.15) is 0 Å². The molecule has 1 unspecified atom stereocenters. The molecule has 21 heavy (non-hydrogen) atoms. The van der Waals surface area contributed by atoms with Crippen LogP contribution >= 0.6 is 0 Å².